The van der Waals surface area contributed by atoms with E-state index in [2.05, 4.69) is 33.5 Å². The predicted molar refractivity (Wildman–Crippen MR) is 122 cm³/mol. The molecular weight excluding hydrogens is 406 g/mol. The molecule has 7 nitrogen and oxygen atoms in total. The number of ether oxygens (including phenoxy) is 4. The van der Waals surface area contributed by atoms with Crippen molar-refractivity contribution in [1.29, 1.82) is 0 Å². The molecule has 0 amide bonds. The Morgan fingerprint density at radius 1 is 1.16 bits per heavy atom. The lowest BCUT2D eigenvalue weighted by Crippen LogP contribution is -2.39. The van der Waals surface area contributed by atoms with Crippen molar-refractivity contribution in [2.45, 2.75) is 31.5 Å². The number of pyridine rings is 2. The zero-order chi connectivity index (χ0) is 21.8. The van der Waals surface area contributed by atoms with Gasteiger partial charge in [-0.1, -0.05) is 24.3 Å². The molecule has 32 heavy (non-hydrogen) atoms. The Morgan fingerprint density at radius 2 is 2.09 bits per heavy atom. The molecule has 0 bridgehead atoms. The highest BCUT2D eigenvalue weighted by Gasteiger charge is 2.20. The van der Waals surface area contributed by atoms with Crippen molar-refractivity contribution in [3.8, 4) is 17.4 Å². The summed E-state index contributed by atoms with van der Waals surface area (Å²) in [6.45, 7) is 2.47. The van der Waals surface area contributed by atoms with Crippen molar-refractivity contribution in [2.75, 3.05) is 26.9 Å². The van der Waals surface area contributed by atoms with E-state index in [9.17, 15) is 0 Å². The Balaban J connectivity index is 1.15. The molecule has 7 heteroatoms. The highest BCUT2D eigenvalue weighted by atomic mass is 16.6. The molecule has 0 spiro atoms. The van der Waals surface area contributed by atoms with E-state index < -0.39 is 0 Å². The largest absolute Gasteiger partial charge is 0.495 e. The van der Waals surface area contributed by atoms with E-state index in [1.807, 2.05) is 30.3 Å². The summed E-state index contributed by atoms with van der Waals surface area (Å²) >= 11 is 0. The van der Waals surface area contributed by atoms with Gasteiger partial charge in [-0.25, -0.2) is 4.98 Å². The second kappa shape index (κ2) is 9.54. The van der Waals surface area contributed by atoms with Gasteiger partial charge in [0.15, 0.2) is 5.75 Å². The zero-order valence-corrected chi connectivity index (χ0v) is 18.1. The van der Waals surface area contributed by atoms with Gasteiger partial charge in [-0.3, -0.25) is 4.98 Å². The smallest absolute Gasteiger partial charge is 0.257 e. The van der Waals surface area contributed by atoms with Crippen LogP contribution >= 0.6 is 0 Å². The summed E-state index contributed by atoms with van der Waals surface area (Å²) in [5.41, 5.74) is 3.01. The number of methoxy groups -OCH3 is 1. The molecule has 1 saturated heterocycles. The van der Waals surface area contributed by atoms with Gasteiger partial charge < -0.3 is 24.3 Å². The Hall–Kier alpha value is -3.16. The minimum absolute atomic E-state index is 0.106. The van der Waals surface area contributed by atoms with E-state index in [0.29, 0.717) is 38.3 Å². The molecule has 3 aromatic rings. The minimum atomic E-state index is 0.106. The van der Waals surface area contributed by atoms with Gasteiger partial charge in [-0.15, -0.1) is 0 Å². The van der Waals surface area contributed by atoms with Crippen molar-refractivity contribution in [3.63, 3.8) is 0 Å². The molecule has 1 N–H and O–H groups in total. The van der Waals surface area contributed by atoms with Crippen LogP contribution in [0.15, 0.2) is 48.7 Å². The fraction of sp³-hybridized carbons (Fsp3) is 0.360. The Morgan fingerprint density at radius 3 is 2.97 bits per heavy atom. The third kappa shape index (κ3) is 4.69. The SMILES string of the molecule is COc1cnc2cccc(/C=C/[C@@H]3CC[C@@H](NCc4ccc5c(n4)OCCO5)CO3)c2c1. The Labute approximate surface area is 187 Å². The summed E-state index contributed by atoms with van der Waals surface area (Å²) in [7, 11) is 1.66. The standard InChI is InChI=1S/C25H27N3O4/c1-29-21-13-22-17(3-2-4-23(22)27-15-21)5-8-20-9-6-19(16-32-20)26-14-18-7-10-24-25(28-18)31-12-11-30-24/h2-5,7-8,10,13,15,19-20,26H,6,9,11-12,14,16H2,1H3/b8-5+/t19-,20-/m1/s1. The quantitative estimate of drug-likeness (QED) is 0.634. The van der Waals surface area contributed by atoms with Crippen molar-refractivity contribution in [1.82, 2.24) is 15.3 Å². The number of nitrogens with one attached hydrogen (secondary N) is 1. The summed E-state index contributed by atoms with van der Waals surface area (Å²) in [4.78, 5) is 9.01. The number of rotatable bonds is 6. The summed E-state index contributed by atoms with van der Waals surface area (Å²) in [6, 6.07) is 12.4. The average Bonchev–Trinajstić information content (AvgIpc) is 2.86. The second-order valence-electron chi connectivity index (χ2n) is 7.98. The number of hydrogen-bond acceptors (Lipinski definition) is 7. The maximum Gasteiger partial charge on any atom is 0.257 e. The molecule has 0 radical (unpaired) electrons. The predicted octanol–water partition coefficient (Wildman–Crippen LogP) is 3.76. The molecular formula is C25H27N3O4. The highest BCUT2D eigenvalue weighted by molar-refractivity contribution is 5.88. The van der Waals surface area contributed by atoms with Crippen LogP contribution in [0.1, 0.15) is 24.1 Å². The lowest BCUT2D eigenvalue weighted by Gasteiger charge is -2.28. The van der Waals surface area contributed by atoms with E-state index in [1.54, 1.807) is 13.3 Å². The van der Waals surface area contributed by atoms with Crippen LogP contribution < -0.4 is 19.5 Å². The van der Waals surface area contributed by atoms with Crippen LogP contribution in [0.4, 0.5) is 0 Å². The van der Waals surface area contributed by atoms with E-state index in [0.717, 1.165) is 46.5 Å². The van der Waals surface area contributed by atoms with Gasteiger partial charge in [0.25, 0.3) is 5.88 Å². The highest BCUT2D eigenvalue weighted by Crippen LogP contribution is 2.28. The normalized spacial score (nSPS) is 20.5. The Kier molecular flexibility index (Phi) is 6.18. The first-order valence-corrected chi connectivity index (χ1v) is 11.0. The molecule has 0 saturated carbocycles. The Bertz CT molecular complexity index is 1110. The molecule has 166 valence electrons. The zero-order valence-electron chi connectivity index (χ0n) is 18.1. The summed E-state index contributed by atoms with van der Waals surface area (Å²) < 4.78 is 22.5. The van der Waals surface area contributed by atoms with Gasteiger partial charge in [0.05, 0.1) is 37.2 Å². The number of fused-ring (bicyclic) bond motifs is 2. The average molecular weight is 434 g/mol. The molecule has 4 heterocycles. The van der Waals surface area contributed by atoms with Crippen molar-refractivity contribution >= 4 is 17.0 Å². The number of hydrogen-bond donors (Lipinski definition) is 1. The van der Waals surface area contributed by atoms with Gasteiger partial charge in [0.1, 0.15) is 19.0 Å². The van der Waals surface area contributed by atoms with Gasteiger partial charge in [-0.05, 0) is 42.7 Å². The first kappa shape index (κ1) is 20.7. The molecule has 2 aliphatic rings. The van der Waals surface area contributed by atoms with E-state index in [1.165, 1.54) is 0 Å². The molecule has 0 aliphatic carbocycles. The van der Waals surface area contributed by atoms with E-state index >= 15 is 0 Å². The lowest BCUT2D eigenvalue weighted by molar-refractivity contribution is 0.0250. The third-order valence-electron chi connectivity index (χ3n) is 5.81. The molecule has 5 rings (SSSR count). The van der Waals surface area contributed by atoms with Gasteiger partial charge in [-0.2, -0.15) is 0 Å². The lowest BCUT2D eigenvalue weighted by atomic mass is 10.0. The fourth-order valence-electron chi connectivity index (χ4n) is 4.02. The minimum Gasteiger partial charge on any atom is -0.495 e. The molecule has 2 aromatic heterocycles. The molecule has 1 aromatic carbocycles. The maximum atomic E-state index is 6.09. The molecule has 2 aliphatic heterocycles. The van der Waals surface area contributed by atoms with Crippen LogP contribution in [0.3, 0.4) is 0 Å². The maximum absolute atomic E-state index is 6.09. The monoisotopic (exact) mass is 433 g/mol. The first-order chi connectivity index (χ1) is 15.8. The van der Waals surface area contributed by atoms with Gasteiger partial charge in [0, 0.05) is 18.0 Å². The number of aromatic nitrogens is 2. The van der Waals surface area contributed by atoms with Gasteiger partial charge in [0.2, 0.25) is 0 Å². The summed E-state index contributed by atoms with van der Waals surface area (Å²) in [6.07, 6.45) is 8.13. The van der Waals surface area contributed by atoms with Crippen molar-refractivity contribution < 1.29 is 18.9 Å². The van der Waals surface area contributed by atoms with Crippen LogP contribution in [0.25, 0.3) is 17.0 Å². The van der Waals surface area contributed by atoms with Crippen LogP contribution in [0.5, 0.6) is 17.4 Å². The number of nitrogens with zero attached hydrogens (tertiary/aromatic N) is 2. The second-order valence-corrected chi connectivity index (χ2v) is 7.98. The van der Waals surface area contributed by atoms with Crippen molar-refractivity contribution in [2.24, 2.45) is 0 Å². The van der Waals surface area contributed by atoms with E-state index in [-0.39, 0.29) is 6.10 Å². The fourth-order valence-corrected chi connectivity index (χ4v) is 4.02. The third-order valence-corrected chi connectivity index (χ3v) is 5.81. The van der Waals surface area contributed by atoms with Gasteiger partial charge >= 0.3 is 0 Å². The topological polar surface area (TPSA) is 74.7 Å². The summed E-state index contributed by atoms with van der Waals surface area (Å²) in [5.74, 6) is 2.06. The number of benzene rings is 1. The first-order valence-electron chi connectivity index (χ1n) is 11.0. The van der Waals surface area contributed by atoms with Crippen LogP contribution in [-0.4, -0.2) is 49.0 Å². The van der Waals surface area contributed by atoms with Crippen molar-refractivity contribution in [3.05, 3.63) is 59.9 Å². The van der Waals surface area contributed by atoms with Crippen LogP contribution in [0.2, 0.25) is 0 Å². The molecule has 1 fully saturated rings. The van der Waals surface area contributed by atoms with Crippen LogP contribution in [0, 0.1) is 0 Å². The molecule has 2 atom stereocenters. The summed E-state index contributed by atoms with van der Waals surface area (Å²) in [5, 5.41) is 4.62. The molecule has 0 unspecified atom stereocenters. The van der Waals surface area contributed by atoms with E-state index in [4.69, 9.17) is 18.9 Å². The van der Waals surface area contributed by atoms with Crippen LogP contribution in [-0.2, 0) is 11.3 Å².